The van der Waals surface area contributed by atoms with Crippen LogP contribution in [0.1, 0.15) is 0 Å². The first-order chi connectivity index (χ1) is 4.81. The van der Waals surface area contributed by atoms with Gasteiger partial charge in [0.1, 0.15) is 0 Å². The molecule has 0 spiro atoms. The Bertz CT molecular complexity index is 99.6. The van der Waals surface area contributed by atoms with Crippen LogP contribution in [0.4, 0.5) is 4.79 Å². The first-order valence-corrected chi connectivity index (χ1v) is 4.46. The molecular weight excluding hydrogens is 151 g/mol. The molecule has 60 valence electrons. The van der Waals surface area contributed by atoms with E-state index in [1.54, 1.807) is 7.05 Å². The summed E-state index contributed by atoms with van der Waals surface area (Å²) in [6, 6.07) is -0.164. The van der Waals surface area contributed by atoms with Gasteiger partial charge in [-0.1, -0.05) is 0 Å². The molecule has 1 unspecified atom stereocenters. The van der Waals surface area contributed by atoms with E-state index in [1.807, 2.05) is 6.66 Å². The SMILES string of the molecule is CNC(=O)NCCOPC. The van der Waals surface area contributed by atoms with Crippen LogP contribution < -0.4 is 10.6 Å². The molecule has 0 heterocycles. The second-order valence-electron chi connectivity index (χ2n) is 1.56. The van der Waals surface area contributed by atoms with Gasteiger partial charge in [0.15, 0.2) is 0 Å². The van der Waals surface area contributed by atoms with Crippen molar-refractivity contribution in [3.8, 4) is 0 Å². The van der Waals surface area contributed by atoms with Crippen LogP contribution in [0, 0.1) is 0 Å². The van der Waals surface area contributed by atoms with Crippen LogP contribution in [0.2, 0.25) is 0 Å². The molecule has 0 radical (unpaired) electrons. The van der Waals surface area contributed by atoms with Crippen LogP contribution in [-0.4, -0.2) is 32.9 Å². The molecule has 0 fully saturated rings. The summed E-state index contributed by atoms with van der Waals surface area (Å²) in [6.45, 7) is 3.10. The molecule has 1 atom stereocenters. The standard InChI is InChI=1S/C5H13N2O2P/c1-6-5(8)7-3-4-9-10-2/h10H,3-4H2,1-2H3,(H2,6,7,8). The van der Waals surface area contributed by atoms with Gasteiger partial charge in [0.05, 0.1) is 6.61 Å². The number of urea groups is 1. The van der Waals surface area contributed by atoms with E-state index in [4.69, 9.17) is 4.52 Å². The Morgan fingerprint density at radius 2 is 2.40 bits per heavy atom. The molecule has 0 aromatic carbocycles. The molecular formula is C5H13N2O2P. The molecule has 2 N–H and O–H groups in total. The molecule has 0 bridgehead atoms. The number of amides is 2. The van der Waals surface area contributed by atoms with Crippen molar-refractivity contribution in [3.63, 3.8) is 0 Å². The van der Waals surface area contributed by atoms with Crippen LogP contribution >= 0.6 is 8.81 Å². The Hall–Kier alpha value is -0.340. The molecule has 0 aromatic rings. The fraction of sp³-hybridized carbons (Fsp3) is 0.800. The van der Waals surface area contributed by atoms with E-state index >= 15 is 0 Å². The van der Waals surface area contributed by atoms with Gasteiger partial charge in [-0.05, 0) is 6.66 Å². The first kappa shape index (κ1) is 9.66. The number of hydrogen-bond acceptors (Lipinski definition) is 2. The summed E-state index contributed by atoms with van der Waals surface area (Å²) in [4.78, 5) is 10.5. The Kier molecular flexibility index (Phi) is 6.55. The van der Waals surface area contributed by atoms with Gasteiger partial charge in [-0.25, -0.2) is 4.79 Å². The van der Waals surface area contributed by atoms with Crippen LogP contribution in [0.25, 0.3) is 0 Å². The number of rotatable bonds is 4. The third-order valence-electron chi connectivity index (χ3n) is 0.861. The Balaban J connectivity index is 2.96. The average Bonchev–Trinajstić information content (AvgIpc) is 1.98. The van der Waals surface area contributed by atoms with Crippen LogP contribution in [0.3, 0.4) is 0 Å². The van der Waals surface area contributed by atoms with E-state index in [-0.39, 0.29) is 6.03 Å². The lowest BCUT2D eigenvalue weighted by atomic mass is 10.7. The average molecular weight is 164 g/mol. The topological polar surface area (TPSA) is 50.4 Å². The number of carbonyl (C=O) groups excluding carboxylic acids is 1. The third kappa shape index (κ3) is 5.79. The van der Waals surface area contributed by atoms with Gasteiger partial charge in [0.2, 0.25) is 0 Å². The predicted molar refractivity (Wildman–Crippen MR) is 42.6 cm³/mol. The van der Waals surface area contributed by atoms with Crippen molar-refractivity contribution in [1.29, 1.82) is 0 Å². The molecule has 0 rings (SSSR count). The molecule has 0 saturated carbocycles. The maximum absolute atomic E-state index is 10.5. The highest BCUT2D eigenvalue weighted by Gasteiger charge is 1.91. The van der Waals surface area contributed by atoms with Crippen LogP contribution in [0.5, 0.6) is 0 Å². The molecule has 0 aromatic heterocycles. The summed E-state index contributed by atoms with van der Waals surface area (Å²) in [5, 5.41) is 5.04. The summed E-state index contributed by atoms with van der Waals surface area (Å²) in [5.74, 6) is 0. The largest absolute Gasteiger partial charge is 0.361 e. The number of nitrogens with one attached hydrogen (secondary N) is 2. The quantitative estimate of drug-likeness (QED) is 0.459. The third-order valence-corrected chi connectivity index (χ3v) is 1.35. The molecule has 0 saturated heterocycles. The van der Waals surface area contributed by atoms with E-state index in [0.717, 1.165) is 0 Å². The zero-order valence-electron chi connectivity index (χ0n) is 6.23. The predicted octanol–water partition coefficient (Wildman–Crippen LogP) is 0.155. The highest BCUT2D eigenvalue weighted by Crippen LogP contribution is 2.00. The second kappa shape index (κ2) is 6.78. The van der Waals surface area contributed by atoms with Gasteiger partial charge < -0.3 is 15.2 Å². The first-order valence-electron chi connectivity index (χ1n) is 3.05. The maximum atomic E-state index is 10.5. The Labute approximate surface area is 62.6 Å². The zero-order valence-corrected chi connectivity index (χ0v) is 7.23. The monoisotopic (exact) mass is 164 g/mol. The van der Waals surface area contributed by atoms with Gasteiger partial charge in [-0.2, -0.15) is 0 Å². The maximum Gasteiger partial charge on any atom is 0.314 e. The van der Waals surface area contributed by atoms with Crippen molar-refractivity contribution in [1.82, 2.24) is 10.6 Å². The summed E-state index contributed by atoms with van der Waals surface area (Å²) < 4.78 is 5.01. The van der Waals surface area contributed by atoms with Gasteiger partial charge in [0, 0.05) is 22.4 Å². The molecule has 0 aliphatic carbocycles. The minimum atomic E-state index is -0.164. The van der Waals surface area contributed by atoms with Crippen molar-refractivity contribution in [2.75, 3.05) is 26.9 Å². The van der Waals surface area contributed by atoms with E-state index < -0.39 is 0 Å². The lowest BCUT2D eigenvalue weighted by molar-refractivity contribution is 0.240. The van der Waals surface area contributed by atoms with E-state index in [1.165, 1.54) is 0 Å². The van der Waals surface area contributed by atoms with Crippen molar-refractivity contribution in [2.45, 2.75) is 0 Å². The zero-order chi connectivity index (χ0) is 7.82. The number of carbonyl (C=O) groups is 1. The van der Waals surface area contributed by atoms with Gasteiger partial charge in [0.25, 0.3) is 0 Å². The van der Waals surface area contributed by atoms with Gasteiger partial charge in [-0.15, -0.1) is 0 Å². The minimum absolute atomic E-state index is 0.164. The van der Waals surface area contributed by atoms with Crippen molar-refractivity contribution in [2.24, 2.45) is 0 Å². The smallest absolute Gasteiger partial charge is 0.314 e. The summed E-state index contributed by atoms with van der Waals surface area (Å²) >= 11 is 0. The van der Waals surface area contributed by atoms with Gasteiger partial charge >= 0.3 is 6.03 Å². The van der Waals surface area contributed by atoms with Gasteiger partial charge in [-0.3, -0.25) is 0 Å². The minimum Gasteiger partial charge on any atom is -0.361 e. The molecule has 10 heavy (non-hydrogen) atoms. The highest BCUT2D eigenvalue weighted by atomic mass is 31.1. The molecule has 0 aliphatic rings. The fourth-order valence-electron chi connectivity index (χ4n) is 0.406. The Morgan fingerprint density at radius 3 is 2.90 bits per heavy atom. The Morgan fingerprint density at radius 1 is 1.70 bits per heavy atom. The fourth-order valence-corrected chi connectivity index (χ4v) is 0.712. The molecule has 4 nitrogen and oxygen atoms in total. The highest BCUT2D eigenvalue weighted by molar-refractivity contribution is 7.31. The second-order valence-corrected chi connectivity index (χ2v) is 2.26. The summed E-state index contributed by atoms with van der Waals surface area (Å²) in [7, 11) is 2.07. The summed E-state index contributed by atoms with van der Waals surface area (Å²) in [5.41, 5.74) is 0. The van der Waals surface area contributed by atoms with Crippen molar-refractivity contribution in [3.05, 3.63) is 0 Å². The van der Waals surface area contributed by atoms with Crippen LogP contribution in [-0.2, 0) is 4.52 Å². The van der Waals surface area contributed by atoms with Crippen molar-refractivity contribution >= 4 is 14.8 Å². The van der Waals surface area contributed by atoms with E-state index in [2.05, 4.69) is 10.6 Å². The van der Waals surface area contributed by atoms with E-state index in [9.17, 15) is 4.79 Å². The van der Waals surface area contributed by atoms with E-state index in [0.29, 0.717) is 22.0 Å². The molecule has 0 aliphatic heterocycles. The van der Waals surface area contributed by atoms with Crippen molar-refractivity contribution < 1.29 is 9.32 Å². The normalized spacial score (nSPS) is 10.2. The number of hydrogen-bond donors (Lipinski definition) is 2. The summed E-state index contributed by atoms with van der Waals surface area (Å²) in [6.07, 6.45) is 0. The molecule has 5 heteroatoms. The molecule has 2 amide bonds. The van der Waals surface area contributed by atoms with Crippen LogP contribution in [0.15, 0.2) is 0 Å². The lowest BCUT2D eigenvalue weighted by Crippen LogP contribution is -2.34. The lowest BCUT2D eigenvalue weighted by Gasteiger charge is -2.02.